The first-order chi connectivity index (χ1) is 15.9. The summed E-state index contributed by atoms with van der Waals surface area (Å²) in [5.41, 5.74) is 2.10. The number of carbonyl (C=O) groups excluding carboxylic acids is 3. The average molecular weight is 442 g/mol. The number of carbonyl (C=O) groups is 3. The molecule has 33 heavy (non-hydrogen) atoms. The highest BCUT2D eigenvalue weighted by atomic mass is 16.5. The summed E-state index contributed by atoms with van der Waals surface area (Å²) >= 11 is 0. The molecular formula is C26H22N2O5. The summed E-state index contributed by atoms with van der Waals surface area (Å²) in [5.74, 6) is -1.36. The molecule has 7 nitrogen and oxygen atoms in total. The summed E-state index contributed by atoms with van der Waals surface area (Å²) in [5, 5.41) is 13.7. The number of ether oxygens (including phenoxy) is 1. The van der Waals surface area contributed by atoms with Gasteiger partial charge in [-0.05, 0) is 42.0 Å². The highest BCUT2D eigenvalue weighted by Gasteiger charge is 2.46. The molecule has 0 spiro atoms. The Bertz CT molecular complexity index is 1230. The fourth-order valence-corrected chi connectivity index (χ4v) is 3.86. The molecule has 1 aliphatic heterocycles. The lowest BCUT2D eigenvalue weighted by Gasteiger charge is -2.25. The largest absolute Gasteiger partial charge is 0.507 e. The van der Waals surface area contributed by atoms with Crippen LogP contribution in [0.1, 0.15) is 24.1 Å². The van der Waals surface area contributed by atoms with E-state index in [1.165, 1.54) is 11.8 Å². The van der Waals surface area contributed by atoms with E-state index in [-0.39, 0.29) is 17.2 Å². The molecule has 1 fully saturated rings. The van der Waals surface area contributed by atoms with Crippen LogP contribution in [-0.2, 0) is 14.4 Å². The summed E-state index contributed by atoms with van der Waals surface area (Å²) < 4.78 is 5.23. The Balaban J connectivity index is 1.86. The Morgan fingerprint density at radius 2 is 1.58 bits per heavy atom. The van der Waals surface area contributed by atoms with Gasteiger partial charge in [0.15, 0.2) is 0 Å². The van der Waals surface area contributed by atoms with Gasteiger partial charge >= 0.3 is 0 Å². The lowest BCUT2D eigenvalue weighted by atomic mass is 9.95. The van der Waals surface area contributed by atoms with Crippen molar-refractivity contribution in [2.45, 2.75) is 13.0 Å². The van der Waals surface area contributed by atoms with Crippen LogP contribution in [0.25, 0.3) is 5.76 Å². The minimum absolute atomic E-state index is 0.00213. The van der Waals surface area contributed by atoms with E-state index in [0.29, 0.717) is 28.3 Å². The van der Waals surface area contributed by atoms with E-state index in [9.17, 15) is 19.5 Å². The summed E-state index contributed by atoms with van der Waals surface area (Å²) in [7, 11) is 1.55. The average Bonchev–Trinajstić information content (AvgIpc) is 3.10. The predicted octanol–water partition coefficient (Wildman–Crippen LogP) is 4.28. The number of hydrogen-bond donors (Lipinski definition) is 2. The standard InChI is InChI=1S/C26H22N2O5/c1-16(29)27-19-10-12-20(13-11-19)28-23(17-8-14-21(33-2)15-9-17)22(25(31)26(28)32)24(30)18-6-4-3-5-7-18/h3-15,23,30H,1-2H3,(H,27,29)/b24-22+/t23-/m1/s1. The third kappa shape index (κ3) is 4.21. The number of nitrogens with zero attached hydrogens (tertiary/aromatic N) is 1. The van der Waals surface area contributed by atoms with E-state index in [4.69, 9.17) is 4.74 Å². The third-order valence-corrected chi connectivity index (χ3v) is 5.39. The fourth-order valence-electron chi connectivity index (χ4n) is 3.86. The van der Waals surface area contributed by atoms with Crippen LogP contribution in [0.2, 0.25) is 0 Å². The molecule has 3 aromatic rings. The molecule has 0 radical (unpaired) electrons. The van der Waals surface area contributed by atoms with Crippen molar-refractivity contribution in [1.29, 1.82) is 0 Å². The second-order valence-corrected chi connectivity index (χ2v) is 7.54. The SMILES string of the molecule is COc1ccc([C@@H]2/C(=C(\O)c3ccccc3)C(=O)C(=O)N2c2ccc(NC(C)=O)cc2)cc1. The molecule has 7 heteroatoms. The van der Waals surface area contributed by atoms with Gasteiger partial charge in [-0.1, -0.05) is 42.5 Å². The van der Waals surface area contributed by atoms with Gasteiger partial charge in [0.25, 0.3) is 11.7 Å². The van der Waals surface area contributed by atoms with Crippen LogP contribution in [0.5, 0.6) is 5.75 Å². The van der Waals surface area contributed by atoms with Crippen molar-refractivity contribution in [2.75, 3.05) is 17.3 Å². The Morgan fingerprint density at radius 3 is 2.15 bits per heavy atom. The molecule has 2 N–H and O–H groups in total. The molecule has 0 aliphatic carbocycles. The van der Waals surface area contributed by atoms with Crippen molar-refractivity contribution in [2.24, 2.45) is 0 Å². The first kappa shape index (κ1) is 21.8. The van der Waals surface area contributed by atoms with Gasteiger partial charge < -0.3 is 15.2 Å². The first-order valence-corrected chi connectivity index (χ1v) is 10.3. The fraction of sp³-hybridized carbons (Fsp3) is 0.115. The van der Waals surface area contributed by atoms with Crippen LogP contribution in [-0.4, -0.2) is 29.8 Å². The molecular weight excluding hydrogens is 420 g/mol. The number of nitrogens with one attached hydrogen (secondary N) is 1. The van der Waals surface area contributed by atoms with Crippen molar-refractivity contribution < 1.29 is 24.2 Å². The molecule has 1 saturated heterocycles. The Morgan fingerprint density at radius 1 is 0.939 bits per heavy atom. The maximum Gasteiger partial charge on any atom is 0.300 e. The minimum Gasteiger partial charge on any atom is -0.507 e. The Labute approximate surface area is 190 Å². The molecule has 0 unspecified atom stereocenters. The van der Waals surface area contributed by atoms with Crippen LogP contribution in [0.3, 0.4) is 0 Å². The van der Waals surface area contributed by atoms with E-state index in [1.807, 2.05) is 0 Å². The topological polar surface area (TPSA) is 95.9 Å². The predicted molar refractivity (Wildman–Crippen MR) is 125 cm³/mol. The van der Waals surface area contributed by atoms with Gasteiger partial charge in [0.1, 0.15) is 11.5 Å². The molecule has 4 rings (SSSR count). The zero-order valence-electron chi connectivity index (χ0n) is 18.1. The highest BCUT2D eigenvalue weighted by Crippen LogP contribution is 2.42. The quantitative estimate of drug-likeness (QED) is 0.349. The number of benzene rings is 3. The van der Waals surface area contributed by atoms with Crippen LogP contribution in [0, 0.1) is 0 Å². The van der Waals surface area contributed by atoms with Gasteiger partial charge in [0, 0.05) is 23.9 Å². The number of amides is 2. The summed E-state index contributed by atoms with van der Waals surface area (Å²) in [6.45, 7) is 1.40. The number of aliphatic hydroxyl groups is 1. The Hall–Kier alpha value is -4.39. The molecule has 0 aromatic heterocycles. The molecule has 1 aliphatic rings. The van der Waals surface area contributed by atoms with Gasteiger partial charge in [-0.3, -0.25) is 19.3 Å². The van der Waals surface area contributed by atoms with E-state index in [0.717, 1.165) is 0 Å². The van der Waals surface area contributed by atoms with E-state index in [1.54, 1.807) is 86.0 Å². The van der Waals surface area contributed by atoms with E-state index in [2.05, 4.69) is 5.32 Å². The number of Topliss-reactive ketones (excluding diaryl/α,β-unsaturated/α-hetero) is 1. The Kier molecular flexibility index (Phi) is 5.95. The maximum atomic E-state index is 13.2. The lowest BCUT2D eigenvalue weighted by molar-refractivity contribution is -0.132. The van der Waals surface area contributed by atoms with Crippen LogP contribution in [0.15, 0.2) is 84.4 Å². The number of ketones is 1. The molecule has 0 saturated carbocycles. The first-order valence-electron chi connectivity index (χ1n) is 10.3. The normalized spacial score (nSPS) is 17.2. The molecule has 0 bridgehead atoms. The molecule has 2 amide bonds. The zero-order valence-corrected chi connectivity index (χ0v) is 18.1. The molecule has 3 aromatic carbocycles. The van der Waals surface area contributed by atoms with Gasteiger partial charge in [0.2, 0.25) is 5.91 Å². The van der Waals surface area contributed by atoms with Crippen LogP contribution < -0.4 is 15.0 Å². The number of anilines is 2. The van der Waals surface area contributed by atoms with Gasteiger partial charge in [0.05, 0.1) is 18.7 Å². The van der Waals surface area contributed by atoms with Crippen molar-refractivity contribution in [3.05, 3.63) is 95.6 Å². The lowest BCUT2D eigenvalue weighted by Crippen LogP contribution is -2.29. The number of rotatable bonds is 5. The minimum atomic E-state index is -0.845. The van der Waals surface area contributed by atoms with E-state index < -0.39 is 17.7 Å². The molecule has 166 valence electrons. The van der Waals surface area contributed by atoms with Crippen molar-refractivity contribution in [3.8, 4) is 5.75 Å². The van der Waals surface area contributed by atoms with E-state index >= 15 is 0 Å². The van der Waals surface area contributed by atoms with Gasteiger partial charge in [-0.15, -0.1) is 0 Å². The summed E-state index contributed by atoms with van der Waals surface area (Å²) in [6.07, 6.45) is 0. The second kappa shape index (κ2) is 9.00. The van der Waals surface area contributed by atoms with Crippen molar-refractivity contribution in [3.63, 3.8) is 0 Å². The van der Waals surface area contributed by atoms with Crippen molar-refractivity contribution >= 4 is 34.7 Å². The summed E-state index contributed by atoms with van der Waals surface area (Å²) in [6, 6.07) is 21.4. The number of methoxy groups -OCH3 is 1. The van der Waals surface area contributed by atoms with Crippen molar-refractivity contribution in [1.82, 2.24) is 0 Å². The van der Waals surface area contributed by atoms with Crippen LogP contribution >= 0.6 is 0 Å². The maximum absolute atomic E-state index is 13.2. The summed E-state index contributed by atoms with van der Waals surface area (Å²) in [4.78, 5) is 39.0. The smallest absolute Gasteiger partial charge is 0.300 e. The monoisotopic (exact) mass is 442 g/mol. The molecule has 1 atom stereocenters. The molecule has 1 heterocycles. The number of aliphatic hydroxyl groups excluding tert-OH is 1. The highest BCUT2D eigenvalue weighted by molar-refractivity contribution is 6.51. The zero-order chi connectivity index (χ0) is 23.5. The second-order valence-electron chi connectivity index (χ2n) is 7.54. The van der Waals surface area contributed by atoms with Gasteiger partial charge in [-0.25, -0.2) is 0 Å². The number of hydrogen-bond acceptors (Lipinski definition) is 5. The van der Waals surface area contributed by atoms with Crippen LogP contribution in [0.4, 0.5) is 11.4 Å². The van der Waals surface area contributed by atoms with Gasteiger partial charge in [-0.2, -0.15) is 0 Å². The third-order valence-electron chi connectivity index (χ3n) is 5.39.